The number of rotatable bonds is 4. The lowest BCUT2D eigenvalue weighted by Gasteiger charge is -2.06. The average Bonchev–Trinajstić information content (AvgIpc) is 3.29. The summed E-state index contributed by atoms with van der Waals surface area (Å²) >= 11 is 1.42. The molecule has 7 heteroatoms. The van der Waals surface area contributed by atoms with Crippen molar-refractivity contribution >= 4 is 22.4 Å². The van der Waals surface area contributed by atoms with E-state index in [9.17, 15) is 9.18 Å². The van der Waals surface area contributed by atoms with Crippen molar-refractivity contribution in [2.45, 2.75) is 13.8 Å². The van der Waals surface area contributed by atoms with Crippen LogP contribution in [0.25, 0.3) is 22.8 Å². The first-order valence-electron chi connectivity index (χ1n) is 8.58. The summed E-state index contributed by atoms with van der Waals surface area (Å²) in [6.45, 7) is 3.85. The molecule has 0 aliphatic carbocycles. The Morgan fingerprint density at radius 2 is 1.79 bits per heavy atom. The van der Waals surface area contributed by atoms with Crippen LogP contribution in [0.15, 0.2) is 59.1 Å². The number of aryl methyl sites for hydroxylation is 2. The molecule has 1 amide bonds. The van der Waals surface area contributed by atoms with Gasteiger partial charge in [-0.15, -0.1) is 11.3 Å². The summed E-state index contributed by atoms with van der Waals surface area (Å²) in [5.41, 5.74) is 2.12. The molecule has 2 aromatic heterocycles. The summed E-state index contributed by atoms with van der Waals surface area (Å²) < 4.78 is 19.8. The Balaban J connectivity index is 1.67. The number of nitrogens with zero attached hydrogens (tertiary/aromatic N) is 2. The summed E-state index contributed by atoms with van der Waals surface area (Å²) in [5, 5.41) is 3.35. The fraction of sp³-hybridized carbons (Fsp3) is 0.0952. The zero-order chi connectivity index (χ0) is 19.7. The SMILES string of the molecule is Cc1nc(NC(=O)c2ccccc2-c2ncc(-c3ccccc3F)o2)sc1C. The van der Waals surface area contributed by atoms with Crippen molar-refractivity contribution in [2.24, 2.45) is 0 Å². The van der Waals surface area contributed by atoms with Gasteiger partial charge in [0.1, 0.15) is 5.82 Å². The number of hydrogen-bond donors (Lipinski definition) is 1. The van der Waals surface area contributed by atoms with Gasteiger partial charge in [-0.05, 0) is 38.1 Å². The van der Waals surface area contributed by atoms with Crippen LogP contribution < -0.4 is 5.32 Å². The van der Waals surface area contributed by atoms with Gasteiger partial charge in [0.25, 0.3) is 5.91 Å². The molecule has 2 heterocycles. The number of aromatic nitrogens is 2. The quantitative estimate of drug-likeness (QED) is 0.499. The molecule has 140 valence electrons. The molecule has 4 aromatic rings. The maximum atomic E-state index is 14.0. The van der Waals surface area contributed by atoms with Gasteiger partial charge >= 0.3 is 0 Å². The second kappa shape index (κ2) is 7.36. The number of nitrogens with one attached hydrogen (secondary N) is 1. The molecule has 2 aromatic carbocycles. The monoisotopic (exact) mass is 393 g/mol. The second-order valence-corrected chi connectivity index (χ2v) is 7.37. The molecule has 0 atom stereocenters. The third kappa shape index (κ3) is 3.44. The summed E-state index contributed by atoms with van der Waals surface area (Å²) in [4.78, 5) is 22.4. The van der Waals surface area contributed by atoms with E-state index in [2.05, 4.69) is 15.3 Å². The van der Waals surface area contributed by atoms with Gasteiger partial charge < -0.3 is 4.42 Å². The molecule has 28 heavy (non-hydrogen) atoms. The summed E-state index contributed by atoms with van der Waals surface area (Å²) in [7, 11) is 0. The minimum Gasteiger partial charge on any atom is -0.436 e. The lowest BCUT2D eigenvalue weighted by atomic mass is 10.1. The van der Waals surface area contributed by atoms with Gasteiger partial charge in [-0.1, -0.05) is 24.3 Å². The fourth-order valence-corrected chi connectivity index (χ4v) is 3.55. The van der Waals surface area contributed by atoms with Gasteiger partial charge in [-0.2, -0.15) is 0 Å². The highest BCUT2D eigenvalue weighted by atomic mass is 32.1. The standard InChI is InChI=1S/C21H16FN3O2S/c1-12-13(2)28-21(24-12)25-19(26)14-7-3-4-8-15(14)20-23-11-18(27-20)16-9-5-6-10-17(16)22/h3-11H,1-2H3,(H,24,25,26). The van der Waals surface area contributed by atoms with Gasteiger partial charge in [-0.25, -0.2) is 14.4 Å². The van der Waals surface area contributed by atoms with E-state index in [4.69, 9.17) is 4.42 Å². The number of hydrogen-bond acceptors (Lipinski definition) is 5. The first-order valence-corrected chi connectivity index (χ1v) is 9.40. The van der Waals surface area contributed by atoms with Crippen LogP contribution in [0.2, 0.25) is 0 Å². The van der Waals surface area contributed by atoms with E-state index in [1.165, 1.54) is 23.6 Å². The van der Waals surface area contributed by atoms with E-state index >= 15 is 0 Å². The molecule has 0 fully saturated rings. The fourth-order valence-electron chi connectivity index (χ4n) is 2.74. The molecule has 0 spiro atoms. The number of anilines is 1. The number of carbonyl (C=O) groups is 1. The molecule has 0 unspecified atom stereocenters. The van der Waals surface area contributed by atoms with Crippen molar-refractivity contribution in [3.8, 4) is 22.8 Å². The highest BCUT2D eigenvalue weighted by molar-refractivity contribution is 7.15. The molecule has 0 saturated heterocycles. The Labute approximate surface area is 164 Å². The van der Waals surface area contributed by atoms with E-state index in [0.29, 0.717) is 27.6 Å². The van der Waals surface area contributed by atoms with E-state index in [0.717, 1.165) is 10.6 Å². The summed E-state index contributed by atoms with van der Waals surface area (Å²) in [6, 6.07) is 13.3. The lowest BCUT2D eigenvalue weighted by molar-refractivity contribution is 0.102. The van der Waals surface area contributed by atoms with Crippen LogP contribution in [0.5, 0.6) is 0 Å². The summed E-state index contributed by atoms with van der Waals surface area (Å²) in [5.74, 6) is -0.161. The molecule has 4 rings (SSSR count). The molecule has 5 nitrogen and oxygen atoms in total. The van der Waals surface area contributed by atoms with Crippen molar-refractivity contribution in [1.82, 2.24) is 9.97 Å². The highest BCUT2D eigenvalue weighted by Crippen LogP contribution is 2.30. The van der Waals surface area contributed by atoms with E-state index < -0.39 is 5.82 Å². The predicted octanol–water partition coefficient (Wildman–Crippen LogP) is 5.47. The van der Waals surface area contributed by atoms with Gasteiger partial charge in [0, 0.05) is 10.4 Å². The van der Waals surface area contributed by atoms with E-state index in [-0.39, 0.29) is 11.8 Å². The minimum atomic E-state index is -0.397. The van der Waals surface area contributed by atoms with Crippen molar-refractivity contribution < 1.29 is 13.6 Å². The average molecular weight is 393 g/mol. The number of carbonyl (C=O) groups excluding carboxylic acids is 1. The van der Waals surface area contributed by atoms with E-state index in [1.54, 1.807) is 42.5 Å². The Bertz CT molecular complexity index is 1150. The maximum Gasteiger partial charge on any atom is 0.258 e. The van der Waals surface area contributed by atoms with Gasteiger partial charge in [0.15, 0.2) is 10.9 Å². The Morgan fingerprint density at radius 3 is 2.50 bits per heavy atom. The van der Waals surface area contributed by atoms with Crippen LogP contribution in [0.4, 0.5) is 9.52 Å². The van der Waals surface area contributed by atoms with Crippen LogP contribution >= 0.6 is 11.3 Å². The molecule has 0 aliphatic rings. The third-order valence-electron chi connectivity index (χ3n) is 4.30. The molecular weight excluding hydrogens is 377 g/mol. The van der Waals surface area contributed by atoms with Crippen LogP contribution in [-0.2, 0) is 0 Å². The largest absolute Gasteiger partial charge is 0.436 e. The third-order valence-corrected chi connectivity index (χ3v) is 5.28. The molecule has 0 saturated carbocycles. The number of oxazole rings is 1. The predicted molar refractivity (Wildman–Crippen MR) is 107 cm³/mol. The van der Waals surface area contributed by atoms with Gasteiger partial charge in [-0.3, -0.25) is 10.1 Å². The summed E-state index contributed by atoms with van der Waals surface area (Å²) in [6.07, 6.45) is 1.45. The number of halogens is 1. The van der Waals surface area contributed by atoms with Gasteiger partial charge in [0.2, 0.25) is 5.89 Å². The molecule has 0 radical (unpaired) electrons. The van der Waals surface area contributed by atoms with Crippen molar-refractivity contribution in [3.63, 3.8) is 0 Å². The minimum absolute atomic E-state index is 0.246. The van der Waals surface area contributed by atoms with Crippen LogP contribution in [0.3, 0.4) is 0 Å². The maximum absolute atomic E-state index is 14.0. The zero-order valence-electron chi connectivity index (χ0n) is 15.2. The Hall–Kier alpha value is -3.32. The molecule has 0 aliphatic heterocycles. The number of amides is 1. The molecule has 0 bridgehead atoms. The smallest absolute Gasteiger partial charge is 0.258 e. The Kier molecular flexibility index (Phi) is 4.75. The first-order chi connectivity index (χ1) is 13.5. The van der Waals surface area contributed by atoms with Crippen molar-refractivity contribution in [1.29, 1.82) is 0 Å². The number of benzene rings is 2. The highest BCUT2D eigenvalue weighted by Gasteiger charge is 2.19. The zero-order valence-corrected chi connectivity index (χ0v) is 16.0. The molecular formula is C21H16FN3O2S. The Morgan fingerprint density at radius 1 is 1.07 bits per heavy atom. The second-order valence-electron chi connectivity index (χ2n) is 6.17. The van der Waals surface area contributed by atoms with Crippen molar-refractivity contribution in [3.05, 3.63) is 76.7 Å². The van der Waals surface area contributed by atoms with Crippen molar-refractivity contribution in [2.75, 3.05) is 5.32 Å². The first kappa shape index (κ1) is 18.1. The number of thiazole rings is 1. The lowest BCUT2D eigenvalue weighted by Crippen LogP contribution is -2.13. The van der Waals surface area contributed by atoms with Crippen LogP contribution in [0, 0.1) is 19.7 Å². The van der Waals surface area contributed by atoms with Gasteiger partial charge in [0.05, 0.1) is 23.0 Å². The topological polar surface area (TPSA) is 68.0 Å². The van der Waals surface area contributed by atoms with Crippen LogP contribution in [0.1, 0.15) is 20.9 Å². The molecule has 1 N–H and O–H groups in total. The van der Waals surface area contributed by atoms with Crippen LogP contribution in [-0.4, -0.2) is 15.9 Å². The van der Waals surface area contributed by atoms with E-state index in [1.807, 2.05) is 13.8 Å². The normalized spacial score (nSPS) is 10.8.